The van der Waals surface area contributed by atoms with E-state index in [2.05, 4.69) is 5.32 Å². The topological polar surface area (TPSA) is 110 Å². The summed E-state index contributed by atoms with van der Waals surface area (Å²) in [6, 6.07) is 4.58. The van der Waals surface area contributed by atoms with E-state index in [0.717, 1.165) is 12.0 Å². The molecule has 7 nitrogen and oxygen atoms in total. The molecule has 0 atom stereocenters. The second-order valence-electron chi connectivity index (χ2n) is 6.31. The average Bonchev–Trinajstić information content (AvgIpc) is 2.59. The minimum absolute atomic E-state index is 0.0947. The van der Waals surface area contributed by atoms with Crippen molar-refractivity contribution in [3.63, 3.8) is 0 Å². The normalized spacial score (nSPS) is 16.6. The predicted molar refractivity (Wildman–Crippen MR) is 94.5 cm³/mol. The lowest BCUT2D eigenvalue weighted by molar-refractivity contribution is -0.122. The van der Waals surface area contributed by atoms with E-state index in [4.69, 9.17) is 5.73 Å². The molecular weight excluding hydrogens is 342 g/mol. The van der Waals surface area contributed by atoms with E-state index in [9.17, 15) is 18.0 Å². The Hall–Kier alpha value is -1.93. The second-order valence-corrected chi connectivity index (χ2v) is 8.25. The van der Waals surface area contributed by atoms with E-state index in [-0.39, 0.29) is 35.7 Å². The van der Waals surface area contributed by atoms with Crippen molar-refractivity contribution in [2.75, 3.05) is 19.6 Å². The van der Waals surface area contributed by atoms with Crippen LogP contribution in [-0.4, -0.2) is 44.2 Å². The number of hydrogen-bond acceptors (Lipinski definition) is 4. The molecule has 138 valence electrons. The van der Waals surface area contributed by atoms with Crippen molar-refractivity contribution in [2.45, 2.75) is 38.0 Å². The van der Waals surface area contributed by atoms with E-state index in [1.165, 1.54) is 16.4 Å². The summed E-state index contributed by atoms with van der Waals surface area (Å²) in [4.78, 5) is 23.6. The first kappa shape index (κ1) is 19.4. The number of hydrogen-bond donors (Lipinski definition) is 2. The van der Waals surface area contributed by atoms with Crippen LogP contribution in [0.3, 0.4) is 0 Å². The van der Waals surface area contributed by atoms with Gasteiger partial charge in [0, 0.05) is 31.1 Å². The molecule has 25 heavy (non-hydrogen) atoms. The summed E-state index contributed by atoms with van der Waals surface area (Å²) in [6.45, 7) is 4.76. The quantitative estimate of drug-likeness (QED) is 0.782. The molecule has 3 N–H and O–H groups in total. The molecule has 0 bridgehead atoms. The molecule has 2 amide bonds. The van der Waals surface area contributed by atoms with Gasteiger partial charge in [-0.15, -0.1) is 0 Å². The van der Waals surface area contributed by atoms with Gasteiger partial charge in [0.1, 0.15) is 0 Å². The molecule has 2 rings (SSSR count). The lowest BCUT2D eigenvalue weighted by Crippen LogP contribution is -2.41. The van der Waals surface area contributed by atoms with Gasteiger partial charge in [-0.3, -0.25) is 9.59 Å². The van der Waals surface area contributed by atoms with Gasteiger partial charge in [0.05, 0.1) is 4.90 Å². The first-order valence-electron chi connectivity index (χ1n) is 8.45. The predicted octanol–water partition coefficient (Wildman–Crippen LogP) is 1.02. The Morgan fingerprint density at radius 1 is 1.28 bits per heavy atom. The Morgan fingerprint density at radius 2 is 1.92 bits per heavy atom. The van der Waals surface area contributed by atoms with Crippen molar-refractivity contribution < 1.29 is 18.0 Å². The fourth-order valence-corrected chi connectivity index (χ4v) is 4.37. The zero-order valence-electron chi connectivity index (χ0n) is 14.6. The molecule has 0 aliphatic carbocycles. The van der Waals surface area contributed by atoms with Gasteiger partial charge in [0.2, 0.25) is 15.9 Å². The number of nitrogens with zero attached hydrogens (tertiary/aromatic N) is 1. The third-order valence-corrected chi connectivity index (χ3v) is 6.38. The highest BCUT2D eigenvalue weighted by molar-refractivity contribution is 7.89. The van der Waals surface area contributed by atoms with Gasteiger partial charge >= 0.3 is 0 Å². The second kappa shape index (κ2) is 7.97. The van der Waals surface area contributed by atoms with Crippen LogP contribution in [0.25, 0.3) is 0 Å². The molecule has 1 aromatic rings. The number of nitrogens with two attached hydrogens (primary N) is 1. The van der Waals surface area contributed by atoms with E-state index < -0.39 is 10.0 Å². The summed E-state index contributed by atoms with van der Waals surface area (Å²) in [5, 5.41) is 2.77. The van der Waals surface area contributed by atoms with Crippen LogP contribution < -0.4 is 11.1 Å². The highest BCUT2D eigenvalue weighted by atomic mass is 32.2. The number of benzene rings is 1. The largest absolute Gasteiger partial charge is 0.369 e. The molecule has 0 spiro atoms. The summed E-state index contributed by atoms with van der Waals surface area (Å²) in [5.41, 5.74) is 6.38. The van der Waals surface area contributed by atoms with Crippen LogP contribution in [-0.2, 0) is 14.8 Å². The number of carbonyl (C=O) groups excluding carboxylic acids is 2. The zero-order valence-corrected chi connectivity index (χ0v) is 15.4. The van der Waals surface area contributed by atoms with Crippen LogP contribution in [0, 0.1) is 12.8 Å². The molecule has 1 aliphatic rings. The highest BCUT2D eigenvalue weighted by Gasteiger charge is 2.31. The molecule has 1 aliphatic heterocycles. The van der Waals surface area contributed by atoms with Crippen LogP contribution in [0.4, 0.5) is 0 Å². The van der Waals surface area contributed by atoms with Crippen molar-refractivity contribution >= 4 is 21.8 Å². The minimum Gasteiger partial charge on any atom is -0.369 e. The smallest absolute Gasteiger partial charge is 0.251 e. The first-order chi connectivity index (χ1) is 11.8. The standard InChI is InChI=1S/C17H25N3O4S/c1-3-8-19-17(22)15-11-14(5-4-12(15)2)25(23,24)20-9-6-13(7-10-20)16(18)21/h4-5,11,13H,3,6-10H2,1-2H3,(H2,18,21)(H,19,22). The maximum atomic E-state index is 12.8. The minimum atomic E-state index is -3.70. The van der Waals surface area contributed by atoms with E-state index in [1.807, 2.05) is 6.92 Å². The summed E-state index contributed by atoms with van der Waals surface area (Å²) in [7, 11) is -3.70. The monoisotopic (exact) mass is 367 g/mol. The number of carbonyl (C=O) groups is 2. The fourth-order valence-electron chi connectivity index (χ4n) is 2.87. The summed E-state index contributed by atoms with van der Waals surface area (Å²) in [6.07, 6.45) is 1.64. The van der Waals surface area contributed by atoms with Crippen molar-refractivity contribution in [2.24, 2.45) is 11.7 Å². The number of rotatable bonds is 6. The van der Waals surface area contributed by atoms with Crippen molar-refractivity contribution in [1.82, 2.24) is 9.62 Å². The molecule has 0 aromatic heterocycles. The van der Waals surface area contributed by atoms with Gasteiger partial charge in [-0.2, -0.15) is 4.31 Å². The maximum Gasteiger partial charge on any atom is 0.251 e. The zero-order chi connectivity index (χ0) is 18.6. The number of primary amides is 1. The molecule has 0 radical (unpaired) electrons. The Labute approximate surface area is 148 Å². The SMILES string of the molecule is CCCNC(=O)c1cc(S(=O)(=O)N2CCC(C(N)=O)CC2)ccc1C. The van der Waals surface area contributed by atoms with Gasteiger partial charge in [-0.05, 0) is 43.9 Å². The molecule has 0 unspecified atom stereocenters. The van der Waals surface area contributed by atoms with Crippen molar-refractivity contribution in [1.29, 1.82) is 0 Å². The Balaban J connectivity index is 2.22. The van der Waals surface area contributed by atoms with Gasteiger partial charge in [0.25, 0.3) is 5.91 Å². The van der Waals surface area contributed by atoms with E-state index in [0.29, 0.717) is 24.9 Å². The van der Waals surface area contributed by atoms with Crippen LogP contribution in [0.5, 0.6) is 0 Å². The van der Waals surface area contributed by atoms with Crippen LogP contribution in [0.15, 0.2) is 23.1 Å². The highest BCUT2D eigenvalue weighted by Crippen LogP contribution is 2.25. The number of aryl methyl sites for hydroxylation is 1. The van der Waals surface area contributed by atoms with E-state index >= 15 is 0 Å². The van der Waals surface area contributed by atoms with Crippen LogP contribution in [0.2, 0.25) is 0 Å². The van der Waals surface area contributed by atoms with Gasteiger partial charge < -0.3 is 11.1 Å². The van der Waals surface area contributed by atoms with Crippen molar-refractivity contribution in [3.8, 4) is 0 Å². The number of nitrogens with one attached hydrogen (secondary N) is 1. The first-order valence-corrected chi connectivity index (χ1v) is 9.89. The van der Waals surface area contributed by atoms with E-state index in [1.54, 1.807) is 13.0 Å². The molecule has 0 saturated carbocycles. The van der Waals surface area contributed by atoms with Crippen LogP contribution >= 0.6 is 0 Å². The van der Waals surface area contributed by atoms with Gasteiger partial charge in [-0.25, -0.2) is 8.42 Å². The Bertz CT molecular complexity index is 753. The summed E-state index contributed by atoms with van der Waals surface area (Å²) < 4.78 is 27.0. The number of sulfonamides is 1. The summed E-state index contributed by atoms with van der Waals surface area (Å²) in [5.74, 6) is -0.939. The number of amides is 2. The average molecular weight is 367 g/mol. The molecule has 8 heteroatoms. The third-order valence-electron chi connectivity index (χ3n) is 4.48. The fraction of sp³-hybridized carbons (Fsp3) is 0.529. The summed E-state index contributed by atoms with van der Waals surface area (Å²) >= 11 is 0. The molecule has 1 fully saturated rings. The van der Waals surface area contributed by atoms with Gasteiger partial charge in [-0.1, -0.05) is 13.0 Å². The molecular formula is C17H25N3O4S. The van der Waals surface area contributed by atoms with Crippen molar-refractivity contribution in [3.05, 3.63) is 29.3 Å². The molecule has 1 saturated heterocycles. The Morgan fingerprint density at radius 3 is 2.48 bits per heavy atom. The maximum absolute atomic E-state index is 12.8. The third kappa shape index (κ3) is 4.38. The molecule has 1 heterocycles. The lowest BCUT2D eigenvalue weighted by Gasteiger charge is -2.29. The van der Waals surface area contributed by atoms with Crippen LogP contribution in [0.1, 0.15) is 42.1 Å². The lowest BCUT2D eigenvalue weighted by atomic mass is 9.98. The number of piperidine rings is 1. The molecule has 1 aromatic carbocycles. The van der Waals surface area contributed by atoms with Gasteiger partial charge in [0.15, 0.2) is 0 Å². The Kier molecular flexibility index (Phi) is 6.18.